The normalized spacial score (nSPS) is 14.2. The molecule has 144 valence electrons. The maximum atomic E-state index is 12.3. The highest BCUT2D eigenvalue weighted by Crippen LogP contribution is 2.23. The Morgan fingerprint density at radius 1 is 1.19 bits per heavy atom. The molecule has 0 bridgehead atoms. The number of benzene rings is 1. The number of carbonyl (C=O) groups excluding carboxylic acids is 2. The van der Waals surface area contributed by atoms with Crippen LogP contribution in [-0.4, -0.2) is 77.5 Å². The minimum absolute atomic E-state index is 0.0534. The number of rotatable bonds is 6. The van der Waals surface area contributed by atoms with Gasteiger partial charge in [0.2, 0.25) is 17.7 Å². The summed E-state index contributed by atoms with van der Waals surface area (Å²) in [6.07, 6.45) is 0. The number of thioether (sulfide) groups is 1. The number of hydrogen-bond donors (Lipinski definition) is 0. The molecule has 8 nitrogen and oxygen atoms in total. The van der Waals surface area contributed by atoms with Crippen molar-refractivity contribution in [3.63, 3.8) is 0 Å². The van der Waals surface area contributed by atoms with Crippen LogP contribution < -0.4 is 0 Å². The van der Waals surface area contributed by atoms with Gasteiger partial charge in [0.25, 0.3) is 5.22 Å². The molecule has 2 heterocycles. The maximum absolute atomic E-state index is 12.3. The fourth-order valence-electron chi connectivity index (χ4n) is 2.52. The third-order valence-electron chi connectivity index (χ3n) is 4.19. The Morgan fingerprint density at radius 2 is 1.89 bits per heavy atom. The number of likely N-dealkylation sites (N-methyl/N-ethyl adjacent to an activating group) is 1. The van der Waals surface area contributed by atoms with Crippen LogP contribution in [0.2, 0.25) is 0 Å². The molecule has 0 radical (unpaired) electrons. The lowest BCUT2D eigenvalue weighted by atomic mass is 10.1. The van der Waals surface area contributed by atoms with Crippen LogP contribution in [0, 0.1) is 6.92 Å². The van der Waals surface area contributed by atoms with E-state index in [0.29, 0.717) is 37.4 Å². The van der Waals surface area contributed by atoms with Crippen molar-refractivity contribution in [2.45, 2.75) is 12.1 Å². The Labute approximate surface area is 161 Å². The molecule has 0 aliphatic carbocycles. The standard InChI is InChI=1S/C18H22N4O4S/c1-13-3-5-14(6-4-13)17-19-20-18(26-17)27-12-16(24)21(2)11-15(23)22-7-9-25-10-8-22/h3-6H,7-12H2,1-2H3. The van der Waals surface area contributed by atoms with E-state index in [-0.39, 0.29) is 24.1 Å². The number of aromatic nitrogens is 2. The fourth-order valence-corrected chi connectivity index (χ4v) is 3.22. The summed E-state index contributed by atoms with van der Waals surface area (Å²) in [6, 6.07) is 7.76. The summed E-state index contributed by atoms with van der Waals surface area (Å²) >= 11 is 1.16. The summed E-state index contributed by atoms with van der Waals surface area (Å²) in [5.41, 5.74) is 1.98. The predicted octanol–water partition coefficient (Wildman–Crippen LogP) is 1.45. The van der Waals surface area contributed by atoms with Crippen LogP contribution in [0.1, 0.15) is 5.56 Å². The van der Waals surface area contributed by atoms with Crippen molar-refractivity contribution in [3.05, 3.63) is 29.8 Å². The molecule has 1 aromatic carbocycles. The van der Waals surface area contributed by atoms with E-state index < -0.39 is 0 Å². The molecule has 1 fully saturated rings. The molecular formula is C18H22N4O4S. The smallest absolute Gasteiger partial charge is 0.277 e. The van der Waals surface area contributed by atoms with E-state index in [1.165, 1.54) is 4.90 Å². The van der Waals surface area contributed by atoms with E-state index in [1.807, 2.05) is 31.2 Å². The van der Waals surface area contributed by atoms with Gasteiger partial charge in [0.05, 0.1) is 25.5 Å². The summed E-state index contributed by atoms with van der Waals surface area (Å²) in [4.78, 5) is 27.6. The van der Waals surface area contributed by atoms with Crippen molar-refractivity contribution < 1.29 is 18.7 Å². The molecule has 0 unspecified atom stereocenters. The first-order valence-corrected chi connectivity index (χ1v) is 9.64. The second-order valence-electron chi connectivity index (χ2n) is 6.27. The Kier molecular flexibility index (Phi) is 6.46. The molecule has 0 saturated carbocycles. The van der Waals surface area contributed by atoms with E-state index in [1.54, 1.807) is 11.9 Å². The molecule has 2 amide bonds. The molecule has 3 rings (SSSR count). The van der Waals surface area contributed by atoms with Crippen LogP contribution in [0.25, 0.3) is 11.5 Å². The maximum Gasteiger partial charge on any atom is 0.277 e. The summed E-state index contributed by atoms with van der Waals surface area (Å²) in [5, 5.41) is 8.31. The van der Waals surface area contributed by atoms with Crippen LogP contribution in [0.3, 0.4) is 0 Å². The summed E-state index contributed by atoms with van der Waals surface area (Å²) < 4.78 is 10.8. The van der Waals surface area contributed by atoms with Crippen molar-refractivity contribution in [3.8, 4) is 11.5 Å². The number of amides is 2. The van der Waals surface area contributed by atoms with Crippen molar-refractivity contribution >= 4 is 23.6 Å². The van der Waals surface area contributed by atoms with Crippen molar-refractivity contribution in [1.29, 1.82) is 0 Å². The lowest BCUT2D eigenvalue weighted by Gasteiger charge is -2.28. The summed E-state index contributed by atoms with van der Waals surface area (Å²) in [6.45, 7) is 4.28. The number of ether oxygens (including phenoxy) is 1. The van der Waals surface area contributed by atoms with Gasteiger partial charge in [-0.3, -0.25) is 9.59 Å². The Balaban J connectivity index is 1.48. The quantitative estimate of drug-likeness (QED) is 0.690. The minimum atomic E-state index is -0.170. The molecule has 1 aliphatic heterocycles. The van der Waals surface area contributed by atoms with Crippen LogP contribution in [0.4, 0.5) is 0 Å². The van der Waals surface area contributed by atoms with Gasteiger partial charge in [0.1, 0.15) is 0 Å². The molecule has 1 aromatic heterocycles. The molecule has 0 spiro atoms. The molecule has 2 aromatic rings. The summed E-state index contributed by atoms with van der Waals surface area (Å²) in [7, 11) is 1.62. The highest BCUT2D eigenvalue weighted by molar-refractivity contribution is 7.99. The average molecular weight is 390 g/mol. The van der Waals surface area contributed by atoms with Gasteiger partial charge in [-0.2, -0.15) is 0 Å². The lowest BCUT2D eigenvalue weighted by Crippen LogP contribution is -2.46. The zero-order valence-corrected chi connectivity index (χ0v) is 16.2. The highest BCUT2D eigenvalue weighted by atomic mass is 32.2. The van der Waals surface area contributed by atoms with Crippen LogP contribution in [0.15, 0.2) is 33.9 Å². The van der Waals surface area contributed by atoms with Gasteiger partial charge in [0, 0.05) is 25.7 Å². The fraction of sp³-hybridized carbons (Fsp3) is 0.444. The van der Waals surface area contributed by atoms with Gasteiger partial charge < -0.3 is 19.0 Å². The number of aryl methyl sites for hydroxylation is 1. The van der Waals surface area contributed by atoms with Crippen LogP contribution >= 0.6 is 11.8 Å². The molecular weight excluding hydrogens is 368 g/mol. The zero-order chi connectivity index (χ0) is 19.2. The number of hydrogen-bond acceptors (Lipinski definition) is 7. The highest BCUT2D eigenvalue weighted by Gasteiger charge is 2.21. The van der Waals surface area contributed by atoms with E-state index in [4.69, 9.17) is 9.15 Å². The topological polar surface area (TPSA) is 88.8 Å². The zero-order valence-electron chi connectivity index (χ0n) is 15.4. The number of morpholine rings is 1. The van der Waals surface area contributed by atoms with Gasteiger partial charge in [-0.25, -0.2) is 0 Å². The molecule has 0 N–H and O–H groups in total. The predicted molar refractivity (Wildman–Crippen MR) is 100 cm³/mol. The van der Waals surface area contributed by atoms with Crippen molar-refractivity contribution in [2.75, 3.05) is 45.6 Å². The van der Waals surface area contributed by atoms with Gasteiger partial charge >= 0.3 is 0 Å². The van der Waals surface area contributed by atoms with Crippen LogP contribution in [0.5, 0.6) is 0 Å². The third-order valence-corrected chi connectivity index (χ3v) is 4.99. The molecule has 1 saturated heterocycles. The first kappa shape index (κ1) is 19.4. The molecule has 9 heteroatoms. The van der Waals surface area contributed by atoms with E-state index in [2.05, 4.69) is 10.2 Å². The van der Waals surface area contributed by atoms with E-state index in [9.17, 15) is 9.59 Å². The Morgan fingerprint density at radius 3 is 2.59 bits per heavy atom. The second-order valence-corrected chi connectivity index (χ2v) is 7.20. The first-order chi connectivity index (χ1) is 13.0. The molecule has 27 heavy (non-hydrogen) atoms. The lowest BCUT2D eigenvalue weighted by molar-refractivity contribution is -0.140. The number of carbonyl (C=O) groups is 2. The van der Waals surface area contributed by atoms with Gasteiger partial charge in [-0.1, -0.05) is 29.5 Å². The van der Waals surface area contributed by atoms with E-state index in [0.717, 1.165) is 22.9 Å². The van der Waals surface area contributed by atoms with Gasteiger partial charge in [-0.15, -0.1) is 10.2 Å². The van der Waals surface area contributed by atoms with Gasteiger partial charge in [0.15, 0.2) is 0 Å². The monoisotopic (exact) mass is 390 g/mol. The molecule has 0 atom stereocenters. The average Bonchev–Trinajstić information content (AvgIpc) is 3.16. The van der Waals surface area contributed by atoms with Crippen LogP contribution in [-0.2, 0) is 14.3 Å². The second kappa shape index (κ2) is 9.01. The van der Waals surface area contributed by atoms with Crippen molar-refractivity contribution in [1.82, 2.24) is 20.0 Å². The van der Waals surface area contributed by atoms with Crippen molar-refractivity contribution in [2.24, 2.45) is 0 Å². The van der Waals surface area contributed by atoms with Gasteiger partial charge in [-0.05, 0) is 19.1 Å². The first-order valence-electron chi connectivity index (χ1n) is 8.66. The molecule has 1 aliphatic rings. The summed E-state index contributed by atoms with van der Waals surface area (Å²) in [5.74, 6) is 0.304. The Bertz CT molecular complexity index is 787. The largest absolute Gasteiger partial charge is 0.411 e. The third kappa shape index (κ3) is 5.30. The van der Waals surface area contributed by atoms with E-state index >= 15 is 0 Å². The Hall–Kier alpha value is -2.39. The number of nitrogens with zero attached hydrogens (tertiary/aromatic N) is 4. The minimum Gasteiger partial charge on any atom is -0.411 e. The SMILES string of the molecule is Cc1ccc(-c2nnc(SCC(=O)N(C)CC(=O)N3CCOCC3)o2)cc1.